The maximum absolute atomic E-state index is 13.9. The van der Waals surface area contributed by atoms with Crippen LogP contribution >= 0.6 is 22.9 Å². The Kier molecular flexibility index (Phi) is 5.99. The van der Waals surface area contributed by atoms with Crippen LogP contribution in [0.2, 0.25) is 5.02 Å². The zero-order valence-corrected chi connectivity index (χ0v) is 21.3. The number of fused-ring (bicyclic) bond motifs is 1. The van der Waals surface area contributed by atoms with E-state index in [4.69, 9.17) is 16.7 Å². The highest BCUT2D eigenvalue weighted by Crippen LogP contribution is 2.37. The van der Waals surface area contributed by atoms with E-state index in [1.807, 2.05) is 55.6 Å². The zero-order chi connectivity index (χ0) is 24.7. The first kappa shape index (κ1) is 23.3. The second-order valence-corrected chi connectivity index (χ2v) is 10.4. The first-order chi connectivity index (χ1) is 16.8. The van der Waals surface area contributed by atoms with Gasteiger partial charge in [0.1, 0.15) is 16.9 Å². The third kappa shape index (κ3) is 4.26. The molecule has 0 radical (unpaired) electrons. The molecule has 0 bridgehead atoms. The average molecular weight is 505 g/mol. The van der Waals surface area contributed by atoms with Crippen LogP contribution in [0.25, 0.3) is 10.6 Å². The molecule has 3 heterocycles. The summed E-state index contributed by atoms with van der Waals surface area (Å²) in [4.78, 5) is 30.2. The van der Waals surface area contributed by atoms with Crippen molar-refractivity contribution in [2.75, 3.05) is 4.90 Å². The quantitative estimate of drug-likeness (QED) is 0.383. The lowest BCUT2D eigenvalue weighted by Crippen LogP contribution is -2.64. The van der Waals surface area contributed by atoms with Gasteiger partial charge < -0.3 is 5.32 Å². The minimum Gasteiger partial charge on any atom is -0.350 e. The van der Waals surface area contributed by atoms with Crippen molar-refractivity contribution in [1.82, 2.24) is 15.1 Å². The second-order valence-electron chi connectivity index (χ2n) is 9.06. The van der Waals surface area contributed by atoms with Crippen LogP contribution in [-0.2, 0) is 17.9 Å². The predicted octanol–water partition coefficient (Wildman–Crippen LogP) is 5.62. The van der Waals surface area contributed by atoms with Crippen LogP contribution in [0, 0.1) is 13.8 Å². The Morgan fingerprint density at radius 3 is 2.60 bits per heavy atom. The molecule has 1 atom stereocenters. The fraction of sp³-hybridized carbons (Fsp3) is 0.222. The molecule has 178 valence electrons. The highest BCUT2D eigenvalue weighted by molar-refractivity contribution is 7.13. The molecule has 2 aromatic heterocycles. The summed E-state index contributed by atoms with van der Waals surface area (Å²) in [5.41, 5.74) is 3.58. The monoisotopic (exact) mass is 504 g/mol. The van der Waals surface area contributed by atoms with Gasteiger partial charge in [-0.1, -0.05) is 47.5 Å². The Morgan fingerprint density at radius 2 is 1.91 bits per heavy atom. The molecule has 35 heavy (non-hydrogen) atoms. The summed E-state index contributed by atoms with van der Waals surface area (Å²) < 4.78 is 1.66. The Hall–Kier alpha value is -3.42. The van der Waals surface area contributed by atoms with Gasteiger partial charge in [0.05, 0.1) is 11.4 Å². The maximum atomic E-state index is 13.9. The van der Waals surface area contributed by atoms with Crippen LogP contribution in [0.15, 0.2) is 66.0 Å². The molecule has 1 aliphatic heterocycles. The third-order valence-corrected chi connectivity index (χ3v) is 7.52. The van der Waals surface area contributed by atoms with E-state index in [0.717, 1.165) is 27.3 Å². The second kappa shape index (κ2) is 8.98. The predicted molar refractivity (Wildman–Crippen MR) is 140 cm³/mol. The Labute approximate surface area is 213 Å². The van der Waals surface area contributed by atoms with Crippen molar-refractivity contribution >= 4 is 40.4 Å². The van der Waals surface area contributed by atoms with Gasteiger partial charge in [-0.05, 0) is 67.6 Å². The summed E-state index contributed by atoms with van der Waals surface area (Å²) in [6.45, 7) is 6.29. The summed E-state index contributed by atoms with van der Waals surface area (Å²) in [6, 6.07) is 19.1. The van der Waals surface area contributed by atoms with E-state index < -0.39 is 5.54 Å². The summed E-state index contributed by atoms with van der Waals surface area (Å²) in [6.07, 6.45) is 0. The fourth-order valence-electron chi connectivity index (χ4n) is 4.45. The van der Waals surface area contributed by atoms with E-state index in [1.165, 1.54) is 0 Å². The van der Waals surface area contributed by atoms with Gasteiger partial charge in [-0.25, -0.2) is 0 Å². The standard InChI is InChI=1S/C27H25ClN4O2S/c1-17-6-8-19(9-7-17)15-29-26(34)27(3)16-31-23(14-21(30-31)24-5-4-12-35-24)25(33)32(27)22-11-10-20(28)13-18(22)2/h4-14H,15-16H2,1-3H3,(H,29,34)/t27-/m0/s1. The highest BCUT2D eigenvalue weighted by Gasteiger charge is 2.49. The van der Waals surface area contributed by atoms with E-state index in [9.17, 15) is 9.59 Å². The van der Waals surface area contributed by atoms with Crippen LogP contribution < -0.4 is 10.2 Å². The van der Waals surface area contributed by atoms with Gasteiger partial charge in [0.25, 0.3) is 5.91 Å². The van der Waals surface area contributed by atoms with Gasteiger partial charge in [-0.3, -0.25) is 19.2 Å². The van der Waals surface area contributed by atoms with E-state index >= 15 is 0 Å². The van der Waals surface area contributed by atoms with Crippen LogP contribution in [0.3, 0.4) is 0 Å². The molecule has 0 spiro atoms. The molecule has 2 amide bonds. The first-order valence-electron chi connectivity index (χ1n) is 11.3. The number of hydrogen-bond acceptors (Lipinski definition) is 4. The molecule has 0 fully saturated rings. The summed E-state index contributed by atoms with van der Waals surface area (Å²) >= 11 is 7.76. The van der Waals surface area contributed by atoms with E-state index in [2.05, 4.69) is 5.32 Å². The number of thiophene rings is 1. The fourth-order valence-corrected chi connectivity index (χ4v) is 5.36. The van der Waals surface area contributed by atoms with Gasteiger partial charge in [-0.2, -0.15) is 5.10 Å². The number of anilines is 1. The number of carbonyl (C=O) groups is 2. The number of nitrogens with zero attached hydrogens (tertiary/aromatic N) is 3. The zero-order valence-electron chi connectivity index (χ0n) is 19.7. The van der Waals surface area contributed by atoms with Crippen molar-refractivity contribution in [3.8, 4) is 10.6 Å². The van der Waals surface area contributed by atoms with Gasteiger partial charge >= 0.3 is 0 Å². The van der Waals surface area contributed by atoms with Gasteiger partial charge in [-0.15, -0.1) is 11.3 Å². The largest absolute Gasteiger partial charge is 0.350 e. The van der Waals surface area contributed by atoms with Crippen molar-refractivity contribution in [2.45, 2.75) is 39.4 Å². The van der Waals surface area contributed by atoms with Crippen LogP contribution in [0.5, 0.6) is 0 Å². The number of carbonyl (C=O) groups excluding carboxylic acids is 2. The molecular weight excluding hydrogens is 480 g/mol. The minimum atomic E-state index is -1.20. The SMILES string of the molecule is Cc1ccc(CNC(=O)[C@]2(C)Cn3nc(-c4cccs4)cc3C(=O)N2c2ccc(Cl)cc2C)cc1. The summed E-state index contributed by atoms with van der Waals surface area (Å²) in [5, 5.41) is 10.3. The molecule has 1 N–H and O–H groups in total. The first-order valence-corrected chi connectivity index (χ1v) is 12.6. The van der Waals surface area contributed by atoms with E-state index in [1.54, 1.807) is 52.1 Å². The van der Waals surface area contributed by atoms with Gasteiger partial charge in [0.2, 0.25) is 5.91 Å². The van der Waals surface area contributed by atoms with Gasteiger partial charge in [0, 0.05) is 17.3 Å². The van der Waals surface area contributed by atoms with Crippen LogP contribution in [0.4, 0.5) is 5.69 Å². The molecule has 2 aromatic carbocycles. The summed E-state index contributed by atoms with van der Waals surface area (Å²) in [5.74, 6) is -0.524. The van der Waals surface area contributed by atoms with Crippen molar-refractivity contribution in [2.24, 2.45) is 0 Å². The molecule has 5 rings (SSSR count). The summed E-state index contributed by atoms with van der Waals surface area (Å²) in [7, 11) is 0. The number of hydrogen-bond donors (Lipinski definition) is 1. The maximum Gasteiger partial charge on any atom is 0.277 e. The lowest BCUT2D eigenvalue weighted by Gasteiger charge is -2.43. The number of aryl methyl sites for hydroxylation is 2. The number of benzene rings is 2. The smallest absolute Gasteiger partial charge is 0.277 e. The number of amides is 2. The highest BCUT2D eigenvalue weighted by atomic mass is 35.5. The number of rotatable bonds is 5. The van der Waals surface area contributed by atoms with E-state index in [0.29, 0.717) is 22.9 Å². The van der Waals surface area contributed by atoms with E-state index in [-0.39, 0.29) is 18.4 Å². The lowest BCUT2D eigenvalue weighted by atomic mass is 9.93. The molecule has 0 aliphatic carbocycles. The van der Waals surface area contributed by atoms with Crippen molar-refractivity contribution in [1.29, 1.82) is 0 Å². The molecule has 0 unspecified atom stereocenters. The average Bonchev–Trinajstić information content (AvgIpc) is 3.50. The molecule has 1 aliphatic rings. The van der Waals surface area contributed by atoms with Crippen molar-refractivity contribution in [3.05, 3.63) is 93.5 Å². The normalized spacial score (nSPS) is 17.4. The lowest BCUT2D eigenvalue weighted by molar-refractivity contribution is -0.126. The molecule has 4 aromatic rings. The third-order valence-electron chi connectivity index (χ3n) is 6.39. The number of halogens is 1. The van der Waals surface area contributed by atoms with Crippen molar-refractivity contribution < 1.29 is 9.59 Å². The Bertz CT molecular complexity index is 1410. The molecule has 8 heteroatoms. The number of nitrogens with one attached hydrogen (secondary N) is 1. The molecule has 0 saturated carbocycles. The minimum absolute atomic E-state index is 0.223. The molecule has 6 nitrogen and oxygen atoms in total. The van der Waals surface area contributed by atoms with Gasteiger partial charge in [0.15, 0.2) is 0 Å². The van der Waals surface area contributed by atoms with Crippen molar-refractivity contribution in [3.63, 3.8) is 0 Å². The Morgan fingerprint density at radius 1 is 1.14 bits per heavy atom. The molecular formula is C27H25ClN4O2S. The Balaban J connectivity index is 1.55. The molecule has 0 saturated heterocycles. The van der Waals surface area contributed by atoms with Crippen LogP contribution in [0.1, 0.15) is 34.1 Å². The number of aromatic nitrogens is 2. The topological polar surface area (TPSA) is 67.2 Å². The van der Waals surface area contributed by atoms with Crippen LogP contribution in [-0.4, -0.2) is 27.1 Å².